The molecule has 1 aromatic heterocycles. The van der Waals surface area contributed by atoms with E-state index in [1.807, 2.05) is 41.4 Å². The largest absolute Gasteiger partial charge is 0.462 e. The quantitative estimate of drug-likeness (QED) is 0.395. The summed E-state index contributed by atoms with van der Waals surface area (Å²) < 4.78 is 11.3. The van der Waals surface area contributed by atoms with Gasteiger partial charge in [-0.1, -0.05) is 36.4 Å². The maximum atomic E-state index is 13.5. The number of aromatic nitrogens is 1. The number of amides is 2. The van der Waals surface area contributed by atoms with Gasteiger partial charge >= 0.3 is 5.97 Å². The highest BCUT2D eigenvalue weighted by atomic mass is 16.5. The molecule has 184 valence electrons. The van der Waals surface area contributed by atoms with Gasteiger partial charge in [0.25, 0.3) is 0 Å². The molecule has 0 unspecified atom stereocenters. The molecule has 4 atom stereocenters. The predicted octanol–water partition coefficient (Wildman–Crippen LogP) is 3.31. The summed E-state index contributed by atoms with van der Waals surface area (Å²) in [5.41, 5.74) is 2.30. The van der Waals surface area contributed by atoms with E-state index >= 15 is 0 Å². The summed E-state index contributed by atoms with van der Waals surface area (Å²) in [6.45, 7) is 3.00. The van der Waals surface area contributed by atoms with Crippen LogP contribution in [0.25, 0.3) is 10.9 Å². The van der Waals surface area contributed by atoms with Gasteiger partial charge < -0.3 is 24.7 Å². The zero-order chi connectivity index (χ0) is 24.9. The first-order chi connectivity index (χ1) is 17.5. The molecule has 0 radical (unpaired) electrons. The molecule has 2 saturated heterocycles. The number of fused-ring (bicyclic) bond motifs is 2. The number of esters is 1. The van der Waals surface area contributed by atoms with Crippen LogP contribution < -0.4 is 5.32 Å². The minimum atomic E-state index is -0.767. The summed E-state index contributed by atoms with van der Waals surface area (Å²) in [5, 5.41) is 4.04. The number of ether oxygens (including phenoxy) is 2. The first-order valence-corrected chi connectivity index (χ1v) is 12.3. The lowest BCUT2D eigenvalue weighted by Gasteiger charge is -2.23. The van der Waals surface area contributed by atoms with E-state index in [0.717, 1.165) is 16.5 Å². The number of hydrogen-bond acceptors (Lipinski definition) is 5. The number of H-pyrrole nitrogens is 1. The molecule has 0 aliphatic carbocycles. The summed E-state index contributed by atoms with van der Waals surface area (Å²) in [6, 6.07) is 14.7. The number of anilines is 1. The minimum absolute atomic E-state index is 0.0536. The van der Waals surface area contributed by atoms with Crippen LogP contribution in [0.1, 0.15) is 22.8 Å². The van der Waals surface area contributed by atoms with Crippen LogP contribution in [0.15, 0.2) is 66.9 Å². The average molecular weight is 486 g/mol. The van der Waals surface area contributed by atoms with Gasteiger partial charge in [-0.3, -0.25) is 9.59 Å². The van der Waals surface area contributed by atoms with Crippen molar-refractivity contribution >= 4 is 34.4 Å². The van der Waals surface area contributed by atoms with Gasteiger partial charge in [0.15, 0.2) is 0 Å². The third-order valence-electron chi connectivity index (χ3n) is 7.45. The van der Waals surface area contributed by atoms with E-state index in [-0.39, 0.29) is 18.4 Å². The molecule has 3 aliphatic heterocycles. The Balaban J connectivity index is 1.17. The van der Waals surface area contributed by atoms with Gasteiger partial charge in [-0.2, -0.15) is 0 Å². The Morgan fingerprint density at radius 1 is 1.22 bits per heavy atom. The van der Waals surface area contributed by atoms with Gasteiger partial charge in [-0.25, -0.2) is 4.79 Å². The second kappa shape index (κ2) is 8.64. The molecule has 3 aliphatic rings. The lowest BCUT2D eigenvalue weighted by Crippen LogP contribution is -2.41. The van der Waals surface area contributed by atoms with E-state index in [9.17, 15) is 14.4 Å². The Bertz CT molecular complexity index is 1390. The highest BCUT2D eigenvalue weighted by molar-refractivity contribution is 6.00. The van der Waals surface area contributed by atoms with Gasteiger partial charge in [0.05, 0.1) is 36.7 Å². The Kier molecular flexibility index (Phi) is 5.41. The highest BCUT2D eigenvalue weighted by Crippen LogP contribution is 2.52. The number of para-hydroxylation sites is 1. The molecule has 6 rings (SSSR count). The molecule has 1 spiro atoms. The fourth-order valence-corrected chi connectivity index (χ4v) is 5.82. The number of nitrogens with zero attached hydrogens (tertiary/aromatic N) is 1. The van der Waals surface area contributed by atoms with Crippen molar-refractivity contribution in [1.82, 2.24) is 9.88 Å². The van der Waals surface area contributed by atoms with Crippen LogP contribution in [0.5, 0.6) is 0 Å². The van der Waals surface area contributed by atoms with Crippen molar-refractivity contribution in [2.75, 3.05) is 25.0 Å². The fourth-order valence-electron chi connectivity index (χ4n) is 5.82. The monoisotopic (exact) mass is 485 g/mol. The van der Waals surface area contributed by atoms with Crippen LogP contribution in [0.2, 0.25) is 0 Å². The molecular weight excluding hydrogens is 458 g/mol. The summed E-state index contributed by atoms with van der Waals surface area (Å²) in [6.07, 6.45) is 6.11. The molecule has 3 aromatic rings. The topological polar surface area (TPSA) is 101 Å². The smallest absolute Gasteiger partial charge is 0.338 e. The molecule has 2 fully saturated rings. The first kappa shape index (κ1) is 22.5. The zero-order valence-corrected chi connectivity index (χ0v) is 19.9. The molecule has 8 heteroatoms. The van der Waals surface area contributed by atoms with Gasteiger partial charge in [0.2, 0.25) is 11.8 Å². The van der Waals surface area contributed by atoms with E-state index in [1.165, 1.54) is 0 Å². The van der Waals surface area contributed by atoms with Crippen LogP contribution in [0.3, 0.4) is 0 Å². The van der Waals surface area contributed by atoms with E-state index in [4.69, 9.17) is 9.47 Å². The zero-order valence-electron chi connectivity index (χ0n) is 19.9. The van der Waals surface area contributed by atoms with Crippen LogP contribution in [0.4, 0.5) is 5.69 Å². The highest BCUT2D eigenvalue weighted by Gasteiger charge is 2.66. The number of rotatable bonds is 7. The van der Waals surface area contributed by atoms with Gasteiger partial charge in [0.1, 0.15) is 5.60 Å². The van der Waals surface area contributed by atoms with E-state index in [2.05, 4.69) is 16.4 Å². The lowest BCUT2D eigenvalue weighted by atomic mass is 9.76. The standard InChI is InChI=1S/C28H27N3O5/c1-2-35-27(34)17-6-5-7-19(14-17)30-25(32)23-22-10-12-28(36-22)16-31(26(33)24(23)28)13-11-18-15-29-21-9-4-3-8-20(18)21/h3-10,12,14-15,22-24,29H,2,11,13,16H2,1H3,(H,30,32)/t22-,23-,24-,28-/m1/s1. The Hall–Kier alpha value is -3.91. The van der Waals surface area contributed by atoms with Crippen molar-refractivity contribution in [2.24, 2.45) is 11.8 Å². The molecular formula is C28H27N3O5. The third-order valence-corrected chi connectivity index (χ3v) is 7.45. The Labute approximate surface area is 208 Å². The van der Waals surface area contributed by atoms with Crippen molar-refractivity contribution in [1.29, 1.82) is 0 Å². The van der Waals surface area contributed by atoms with Crippen molar-refractivity contribution in [3.8, 4) is 0 Å². The Morgan fingerprint density at radius 2 is 2.08 bits per heavy atom. The van der Waals surface area contributed by atoms with Gasteiger partial charge in [-0.15, -0.1) is 0 Å². The normalized spacial score (nSPS) is 26.0. The fraction of sp³-hybridized carbons (Fsp3) is 0.321. The number of aromatic amines is 1. The van der Waals surface area contributed by atoms with E-state index < -0.39 is 29.5 Å². The van der Waals surface area contributed by atoms with Crippen molar-refractivity contribution in [2.45, 2.75) is 25.0 Å². The molecule has 2 aromatic carbocycles. The number of likely N-dealkylation sites (tertiary alicyclic amines) is 1. The maximum Gasteiger partial charge on any atom is 0.338 e. The summed E-state index contributed by atoms with van der Waals surface area (Å²) in [4.78, 5) is 44.1. The van der Waals surface area contributed by atoms with Crippen LogP contribution in [-0.2, 0) is 25.5 Å². The second-order valence-electron chi connectivity index (χ2n) is 9.56. The van der Waals surface area contributed by atoms with Crippen LogP contribution in [0, 0.1) is 11.8 Å². The van der Waals surface area contributed by atoms with Gasteiger partial charge in [-0.05, 0) is 43.2 Å². The number of carbonyl (C=O) groups is 3. The number of benzene rings is 2. The third kappa shape index (κ3) is 3.60. The van der Waals surface area contributed by atoms with E-state index in [0.29, 0.717) is 30.8 Å². The van der Waals surface area contributed by atoms with E-state index in [1.54, 1.807) is 31.2 Å². The lowest BCUT2D eigenvalue weighted by molar-refractivity contribution is -0.135. The second-order valence-corrected chi connectivity index (χ2v) is 9.56. The molecule has 2 bridgehead atoms. The minimum Gasteiger partial charge on any atom is -0.462 e. The first-order valence-electron chi connectivity index (χ1n) is 12.3. The average Bonchev–Trinajstić information content (AvgIpc) is 3.63. The number of nitrogens with one attached hydrogen (secondary N) is 2. The molecule has 2 amide bonds. The van der Waals surface area contributed by atoms with Crippen molar-refractivity contribution in [3.05, 3.63) is 78.0 Å². The van der Waals surface area contributed by atoms with Gasteiger partial charge in [0, 0.05) is 29.3 Å². The Morgan fingerprint density at radius 3 is 2.94 bits per heavy atom. The maximum absolute atomic E-state index is 13.5. The number of carbonyl (C=O) groups excluding carboxylic acids is 3. The molecule has 0 saturated carbocycles. The number of hydrogen-bond donors (Lipinski definition) is 2. The molecule has 8 nitrogen and oxygen atoms in total. The summed E-state index contributed by atoms with van der Waals surface area (Å²) in [5.74, 6) is -1.99. The van der Waals surface area contributed by atoms with Crippen molar-refractivity contribution < 1.29 is 23.9 Å². The molecule has 2 N–H and O–H groups in total. The van der Waals surface area contributed by atoms with Crippen LogP contribution in [-0.4, -0.2) is 59.1 Å². The summed E-state index contributed by atoms with van der Waals surface area (Å²) in [7, 11) is 0. The summed E-state index contributed by atoms with van der Waals surface area (Å²) >= 11 is 0. The predicted molar refractivity (Wildman–Crippen MR) is 133 cm³/mol. The SMILES string of the molecule is CCOC(=O)c1cccc(NC(=O)[C@@H]2[C@H]3C=C[C@]4(CN(CCc5c[nH]c6ccccc56)C(=O)[C@@H]24)O3)c1. The van der Waals surface area contributed by atoms with Crippen molar-refractivity contribution in [3.63, 3.8) is 0 Å². The van der Waals surface area contributed by atoms with Crippen LogP contribution >= 0.6 is 0 Å². The molecule has 36 heavy (non-hydrogen) atoms. The molecule has 4 heterocycles.